The van der Waals surface area contributed by atoms with E-state index in [1.807, 2.05) is 0 Å². The van der Waals surface area contributed by atoms with Crippen LogP contribution in [0.1, 0.15) is 5.56 Å². The predicted octanol–water partition coefficient (Wildman–Crippen LogP) is 1.71. The van der Waals surface area contributed by atoms with Crippen molar-refractivity contribution in [1.29, 1.82) is 0 Å². The molecule has 0 saturated carbocycles. The number of halogens is 2. The molecular weight excluding hydrogens is 181 g/mol. The first-order valence-corrected chi connectivity index (χ1v) is 3.30. The molecule has 1 rings (SSSR count). The highest BCUT2D eigenvalue weighted by Crippen LogP contribution is 2.14. The summed E-state index contributed by atoms with van der Waals surface area (Å²) >= 11 is 0. The van der Waals surface area contributed by atoms with Gasteiger partial charge < -0.3 is 10.5 Å². The Hall–Kier alpha value is -0.800. The van der Waals surface area contributed by atoms with Gasteiger partial charge in [0, 0.05) is 12.6 Å². The summed E-state index contributed by atoms with van der Waals surface area (Å²) in [5.74, 6) is 0.190. The second-order valence-corrected chi connectivity index (χ2v) is 2.20. The van der Waals surface area contributed by atoms with E-state index in [1.54, 1.807) is 6.07 Å². The maximum absolute atomic E-state index is 12.7. The SMILES string of the molecule is COc1cc(F)cc(CN)c1.Cl. The van der Waals surface area contributed by atoms with Crippen molar-refractivity contribution < 1.29 is 9.13 Å². The van der Waals surface area contributed by atoms with Crippen LogP contribution in [0.5, 0.6) is 5.75 Å². The first-order chi connectivity index (χ1) is 5.26. The van der Waals surface area contributed by atoms with E-state index >= 15 is 0 Å². The summed E-state index contributed by atoms with van der Waals surface area (Å²) in [7, 11) is 1.50. The van der Waals surface area contributed by atoms with E-state index in [9.17, 15) is 4.39 Å². The smallest absolute Gasteiger partial charge is 0.127 e. The zero-order valence-corrected chi connectivity index (χ0v) is 7.53. The van der Waals surface area contributed by atoms with Gasteiger partial charge >= 0.3 is 0 Å². The molecule has 1 aromatic rings. The van der Waals surface area contributed by atoms with E-state index in [-0.39, 0.29) is 18.2 Å². The highest BCUT2D eigenvalue weighted by Gasteiger charge is 1.98. The highest BCUT2D eigenvalue weighted by atomic mass is 35.5. The van der Waals surface area contributed by atoms with Gasteiger partial charge in [-0.15, -0.1) is 12.4 Å². The third-order valence-electron chi connectivity index (χ3n) is 1.40. The lowest BCUT2D eigenvalue weighted by molar-refractivity contribution is 0.410. The fraction of sp³-hybridized carbons (Fsp3) is 0.250. The molecule has 0 unspecified atom stereocenters. The number of benzene rings is 1. The molecular formula is C8H11ClFNO. The zero-order chi connectivity index (χ0) is 8.27. The number of nitrogens with two attached hydrogens (primary N) is 1. The number of methoxy groups -OCH3 is 1. The van der Waals surface area contributed by atoms with Gasteiger partial charge in [-0.05, 0) is 17.7 Å². The van der Waals surface area contributed by atoms with Crippen LogP contribution in [0.4, 0.5) is 4.39 Å². The number of hydrogen-bond donors (Lipinski definition) is 1. The Kier molecular flexibility index (Phi) is 4.62. The lowest BCUT2D eigenvalue weighted by atomic mass is 10.2. The Labute approximate surface area is 76.9 Å². The molecule has 0 bridgehead atoms. The van der Waals surface area contributed by atoms with Gasteiger partial charge in [0.05, 0.1) is 7.11 Å². The highest BCUT2D eigenvalue weighted by molar-refractivity contribution is 5.85. The van der Waals surface area contributed by atoms with Crippen LogP contribution in [0.25, 0.3) is 0 Å². The monoisotopic (exact) mass is 191 g/mol. The molecule has 0 radical (unpaired) electrons. The minimum atomic E-state index is -0.315. The van der Waals surface area contributed by atoms with Gasteiger partial charge in [0.15, 0.2) is 0 Å². The van der Waals surface area contributed by atoms with Crippen LogP contribution in [0.3, 0.4) is 0 Å². The van der Waals surface area contributed by atoms with Gasteiger partial charge in [0.2, 0.25) is 0 Å². The van der Waals surface area contributed by atoms with E-state index in [2.05, 4.69) is 0 Å². The van der Waals surface area contributed by atoms with E-state index in [4.69, 9.17) is 10.5 Å². The van der Waals surface area contributed by atoms with Gasteiger partial charge in [0.1, 0.15) is 11.6 Å². The van der Waals surface area contributed by atoms with E-state index in [0.29, 0.717) is 12.3 Å². The molecule has 0 aliphatic carbocycles. The average molecular weight is 192 g/mol. The third-order valence-corrected chi connectivity index (χ3v) is 1.40. The maximum Gasteiger partial charge on any atom is 0.127 e. The fourth-order valence-electron chi connectivity index (χ4n) is 0.856. The summed E-state index contributed by atoms with van der Waals surface area (Å²) in [4.78, 5) is 0. The summed E-state index contributed by atoms with van der Waals surface area (Å²) in [6.07, 6.45) is 0. The normalized spacial score (nSPS) is 8.92. The lowest BCUT2D eigenvalue weighted by Crippen LogP contribution is -1.97. The van der Waals surface area contributed by atoms with E-state index in [1.165, 1.54) is 19.2 Å². The molecule has 1 aromatic carbocycles. The summed E-state index contributed by atoms with van der Waals surface area (Å²) in [6.45, 7) is 0.327. The molecule has 0 aromatic heterocycles. The van der Waals surface area contributed by atoms with Gasteiger partial charge in [0.25, 0.3) is 0 Å². The van der Waals surface area contributed by atoms with Crippen molar-refractivity contribution in [3.63, 3.8) is 0 Å². The zero-order valence-electron chi connectivity index (χ0n) is 6.71. The van der Waals surface area contributed by atoms with Gasteiger partial charge in [-0.25, -0.2) is 4.39 Å². The van der Waals surface area contributed by atoms with Gasteiger partial charge in [-0.2, -0.15) is 0 Å². The van der Waals surface area contributed by atoms with Crippen molar-refractivity contribution in [2.45, 2.75) is 6.54 Å². The molecule has 0 spiro atoms. The minimum absolute atomic E-state index is 0. The van der Waals surface area contributed by atoms with Crippen LogP contribution in [-0.2, 0) is 6.54 Å². The minimum Gasteiger partial charge on any atom is -0.497 e. The molecule has 0 heterocycles. The van der Waals surface area contributed by atoms with Crippen molar-refractivity contribution in [2.75, 3.05) is 7.11 Å². The first kappa shape index (κ1) is 11.2. The largest absolute Gasteiger partial charge is 0.497 e. The van der Waals surface area contributed by atoms with Crippen molar-refractivity contribution in [1.82, 2.24) is 0 Å². The summed E-state index contributed by atoms with van der Waals surface area (Å²) in [5.41, 5.74) is 6.06. The Balaban J connectivity index is 0.00000121. The lowest BCUT2D eigenvalue weighted by Gasteiger charge is -2.02. The Morgan fingerprint density at radius 1 is 1.42 bits per heavy atom. The second kappa shape index (κ2) is 4.95. The Morgan fingerprint density at radius 2 is 2.08 bits per heavy atom. The van der Waals surface area contributed by atoms with Crippen molar-refractivity contribution >= 4 is 12.4 Å². The van der Waals surface area contributed by atoms with Gasteiger partial charge in [-0.1, -0.05) is 0 Å². The van der Waals surface area contributed by atoms with Gasteiger partial charge in [-0.3, -0.25) is 0 Å². The molecule has 68 valence electrons. The molecule has 0 aliphatic heterocycles. The third kappa shape index (κ3) is 2.68. The molecule has 12 heavy (non-hydrogen) atoms. The summed E-state index contributed by atoms with van der Waals surface area (Å²) in [6, 6.07) is 4.42. The molecule has 2 nitrogen and oxygen atoms in total. The molecule has 4 heteroatoms. The molecule has 0 saturated heterocycles. The van der Waals surface area contributed by atoms with E-state index < -0.39 is 0 Å². The molecule has 0 aliphatic rings. The number of rotatable bonds is 2. The Morgan fingerprint density at radius 3 is 2.58 bits per heavy atom. The molecule has 0 amide bonds. The quantitative estimate of drug-likeness (QED) is 0.773. The van der Waals surface area contributed by atoms with Crippen LogP contribution >= 0.6 is 12.4 Å². The van der Waals surface area contributed by atoms with Crippen LogP contribution in [-0.4, -0.2) is 7.11 Å². The second-order valence-electron chi connectivity index (χ2n) is 2.20. The average Bonchev–Trinajstić information content (AvgIpc) is 2.03. The number of hydrogen-bond acceptors (Lipinski definition) is 2. The summed E-state index contributed by atoms with van der Waals surface area (Å²) in [5, 5.41) is 0. The first-order valence-electron chi connectivity index (χ1n) is 3.30. The van der Waals surface area contributed by atoms with Crippen LogP contribution in [0.2, 0.25) is 0 Å². The Bertz CT molecular complexity index is 233. The fourth-order valence-corrected chi connectivity index (χ4v) is 0.856. The van der Waals surface area contributed by atoms with Crippen LogP contribution in [0, 0.1) is 5.82 Å². The van der Waals surface area contributed by atoms with Crippen LogP contribution < -0.4 is 10.5 Å². The molecule has 2 N–H and O–H groups in total. The maximum atomic E-state index is 12.7. The summed E-state index contributed by atoms with van der Waals surface area (Å²) < 4.78 is 17.5. The standard InChI is InChI=1S/C8H10FNO.ClH/c1-11-8-3-6(5-10)2-7(9)4-8;/h2-4H,5,10H2,1H3;1H. The predicted molar refractivity (Wildman–Crippen MR) is 48.1 cm³/mol. The van der Waals surface area contributed by atoms with Crippen molar-refractivity contribution in [3.05, 3.63) is 29.6 Å². The van der Waals surface area contributed by atoms with Crippen molar-refractivity contribution in [2.24, 2.45) is 5.73 Å². The molecule has 0 fully saturated rings. The number of ether oxygens (including phenoxy) is 1. The van der Waals surface area contributed by atoms with Crippen LogP contribution in [0.15, 0.2) is 18.2 Å². The van der Waals surface area contributed by atoms with Crippen molar-refractivity contribution in [3.8, 4) is 5.75 Å². The molecule has 0 atom stereocenters. The van der Waals surface area contributed by atoms with E-state index in [0.717, 1.165) is 5.56 Å². The topological polar surface area (TPSA) is 35.2 Å².